The number of carbonyl (C=O) groups is 1. The van der Waals surface area contributed by atoms with Crippen LogP contribution < -0.4 is 5.32 Å². The smallest absolute Gasteiger partial charge is 0.254 e. The fraction of sp³-hybridized carbons (Fsp3) is 0.588. The molecule has 2 saturated heterocycles. The molecule has 0 aliphatic carbocycles. The lowest BCUT2D eigenvalue weighted by atomic mass is 9.89. The van der Waals surface area contributed by atoms with Crippen LogP contribution in [-0.2, 0) is 0 Å². The Kier molecular flexibility index (Phi) is 4.65. The second-order valence-corrected chi connectivity index (χ2v) is 7.23. The Balaban J connectivity index is 1.71. The number of carbonyl (C=O) groups excluding carboxylic acids is 1. The summed E-state index contributed by atoms with van der Waals surface area (Å²) in [4.78, 5) is 14.8. The highest BCUT2D eigenvalue weighted by atomic mass is 79.9. The van der Waals surface area contributed by atoms with Crippen molar-refractivity contribution < 1.29 is 4.79 Å². The van der Waals surface area contributed by atoms with Gasteiger partial charge in [-0.1, -0.05) is 15.9 Å². The molecule has 2 aliphatic rings. The van der Waals surface area contributed by atoms with Gasteiger partial charge in [0.05, 0.1) is 0 Å². The van der Waals surface area contributed by atoms with Gasteiger partial charge in [0.15, 0.2) is 0 Å². The summed E-state index contributed by atoms with van der Waals surface area (Å²) < 4.78 is 1.03. The van der Waals surface area contributed by atoms with E-state index in [-0.39, 0.29) is 5.91 Å². The van der Waals surface area contributed by atoms with Crippen molar-refractivity contribution in [3.63, 3.8) is 0 Å². The quantitative estimate of drug-likeness (QED) is 0.886. The molecule has 114 valence electrons. The van der Waals surface area contributed by atoms with Gasteiger partial charge >= 0.3 is 0 Å². The zero-order valence-corrected chi connectivity index (χ0v) is 14.2. The van der Waals surface area contributed by atoms with Crippen molar-refractivity contribution in [2.45, 2.75) is 38.6 Å². The summed E-state index contributed by atoms with van der Waals surface area (Å²) >= 11 is 3.46. The van der Waals surface area contributed by atoms with Crippen molar-refractivity contribution in [1.82, 2.24) is 10.2 Å². The van der Waals surface area contributed by atoms with Gasteiger partial charge in [0, 0.05) is 29.2 Å². The summed E-state index contributed by atoms with van der Waals surface area (Å²) in [5, 5.41) is 3.60. The molecule has 3 nitrogen and oxygen atoms in total. The molecule has 0 spiro atoms. The van der Waals surface area contributed by atoms with Crippen molar-refractivity contribution in [2.75, 3.05) is 19.6 Å². The van der Waals surface area contributed by atoms with E-state index in [1.807, 2.05) is 25.1 Å². The van der Waals surface area contributed by atoms with Crippen LogP contribution >= 0.6 is 15.9 Å². The van der Waals surface area contributed by atoms with E-state index in [2.05, 4.69) is 26.1 Å². The van der Waals surface area contributed by atoms with Gasteiger partial charge in [0.25, 0.3) is 5.91 Å². The number of benzene rings is 1. The lowest BCUT2D eigenvalue weighted by Gasteiger charge is -2.36. The molecule has 2 heterocycles. The summed E-state index contributed by atoms with van der Waals surface area (Å²) in [5.74, 6) is 0.823. The van der Waals surface area contributed by atoms with Crippen LogP contribution in [0.2, 0.25) is 0 Å². The molecular weight excluding hydrogens is 328 g/mol. The molecule has 0 saturated carbocycles. The van der Waals surface area contributed by atoms with Gasteiger partial charge in [-0.2, -0.15) is 0 Å². The van der Waals surface area contributed by atoms with Crippen molar-refractivity contribution in [2.24, 2.45) is 5.92 Å². The fourth-order valence-electron chi connectivity index (χ4n) is 3.67. The lowest BCUT2D eigenvalue weighted by Crippen LogP contribution is -2.46. The molecule has 1 N–H and O–H groups in total. The maximum atomic E-state index is 12.8. The van der Waals surface area contributed by atoms with E-state index < -0.39 is 0 Å². The first-order valence-electron chi connectivity index (χ1n) is 7.94. The highest BCUT2D eigenvalue weighted by molar-refractivity contribution is 9.10. The normalized spacial score (nSPS) is 26.1. The van der Waals surface area contributed by atoms with Crippen molar-refractivity contribution >= 4 is 21.8 Å². The highest BCUT2D eigenvalue weighted by Crippen LogP contribution is 2.26. The first kappa shape index (κ1) is 15.0. The van der Waals surface area contributed by atoms with Crippen molar-refractivity contribution in [3.8, 4) is 0 Å². The summed E-state index contributed by atoms with van der Waals surface area (Å²) in [6.07, 6.45) is 4.93. The van der Waals surface area contributed by atoms with Gasteiger partial charge in [0.2, 0.25) is 0 Å². The Morgan fingerprint density at radius 3 is 2.90 bits per heavy atom. The van der Waals surface area contributed by atoms with Crippen LogP contribution in [0.1, 0.15) is 41.6 Å². The number of aryl methyl sites for hydroxylation is 1. The Bertz CT molecular complexity index is 526. The highest BCUT2D eigenvalue weighted by Gasteiger charge is 2.31. The van der Waals surface area contributed by atoms with Gasteiger partial charge in [-0.3, -0.25) is 4.79 Å². The Morgan fingerprint density at radius 2 is 2.19 bits per heavy atom. The molecule has 1 aromatic rings. The molecular formula is C17H23BrN2O. The summed E-state index contributed by atoms with van der Waals surface area (Å²) in [7, 11) is 0. The molecule has 2 unspecified atom stereocenters. The molecule has 21 heavy (non-hydrogen) atoms. The third-order valence-electron chi connectivity index (χ3n) is 4.83. The number of rotatable bonds is 2. The van der Waals surface area contributed by atoms with Crippen LogP contribution in [0.15, 0.2) is 22.7 Å². The zero-order valence-electron chi connectivity index (χ0n) is 12.6. The van der Waals surface area contributed by atoms with Crippen LogP contribution in [0.4, 0.5) is 0 Å². The minimum atomic E-state index is 0.197. The van der Waals surface area contributed by atoms with E-state index in [1.54, 1.807) is 0 Å². The number of piperidine rings is 1. The van der Waals surface area contributed by atoms with Gasteiger partial charge in [-0.25, -0.2) is 0 Å². The molecule has 4 heteroatoms. The number of nitrogens with one attached hydrogen (secondary N) is 1. The maximum Gasteiger partial charge on any atom is 0.254 e. The van der Waals surface area contributed by atoms with E-state index >= 15 is 0 Å². The Morgan fingerprint density at radius 1 is 1.33 bits per heavy atom. The van der Waals surface area contributed by atoms with Crippen LogP contribution in [-0.4, -0.2) is 36.5 Å². The third kappa shape index (κ3) is 3.32. The van der Waals surface area contributed by atoms with E-state index in [4.69, 9.17) is 0 Å². The van der Waals surface area contributed by atoms with Gasteiger partial charge in [-0.15, -0.1) is 0 Å². The van der Waals surface area contributed by atoms with Crippen LogP contribution in [0.3, 0.4) is 0 Å². The SMILES string of the molecule is Cc1cc(Br)ccc1C(=O)N1CCCC(C2CCCN2)C1. The topological polar surface area (TPSA) is 32.3 Å². The maximum absolute atomic E-state index is 12.8. The van der Waals surface area contributed by atoms with Crippen LogP contribution in [0.5, 0.6) is 0 Å². The molecule has 1 amide bonds. The standard InChI is InChI=1S/C17H23BrN2O/c1-12-10-14(18)6-7-15(12)17(21)20-9-3-4-13(11-20)16-5-2-8-19-16/h6-7,10,13,16,19H,2-5,8-9,11H2,1H3. The predicted molar refractivity (Wildman–Crippen MR) is 88.5 cm³/mol. The number of nitrogens with zero attached hydrogens (tertiary/aromatic N) is 1. The number of likely N-dealkylation sites (tertiary alicyclic amines) is 1. The Labute approximate surface area is 135 Å². The monoisotopic (exact) mass is 350 g/mol. The minimum Gasteiger partial charge on any atom is -0.338 e. The lowest BCUT2D eigenvalue weighted by molar-refractivity contribution is 0.0650. The summed E-state index contributed by atoms with van der Waals surface area (Å²) in [5.41, 5.74) is 1.90. The second-order valence-electron chi connectivity index (χ2n) is 6.32. The first-order chi connectivity index (χ1) is 10.1. The van der Waals surface area contributed by atoms with Crippen molar-refractivity contribution in [3.05, 3.63) is 33.8 Å². The van der Waals surface area contributed by atoms with E-state index in [9.17, 15) is 4.79 Å². The number of hydrogen-bond donors (Lipinski definition) is 1. The molecule has 2 fully saturated rings. The largest absolute Gasteiger partial charge is 0.338 e. The number of hydrogen-bond acceptors (Lipinski definition) is 2. The summed E-state index contributed by atoms with van der Waals surface area (Å²) in [6, 6.07) is 6.54. The number of amides is 1. The average molecular weight is 351 g/mol. The van der Waals surface area contributed by atoms with Gasteiger partial charge in [-0.05, 0) is 68.8 Å². The van der Waals surface area contributed by atoms with Crippen molar-refractivity contribution in [1.29, 1.82) is 0 Å². The molecule has 3 rings (SSSR count). The van der Waals surface area contributed by atoms with E-state index in [0.29, 0.717) is 12.0 Å². The fourth-order valence-corrected chi connectivity index (χ4v) is 4.15. The van der Waals surface area contributed by atoms with Gasteiger partial charge < -0.3 is 10.2 Å². The van der Waals surface area contributed by atoms with Gasteiger partial charge in [0.1, 0.15) is 0 Å². The number of halogens is 1. The molecule has 2 aliphatic heterocycles. The minimum absolute atomic E-state index is 0.197. The third-order valence-corrected chi connectivity index (χ3v) is 5.32. The molecule has 0 radical (unpaired) electrons. The van der Waals surface area contributed by atoms with Crippen LogP contribution in [0.25, 0.3) is 0 Å². The predicted octanol–water partition coefficient (Wildman–Crippen LogP) is 3.36. The average Bonchev–Trinajstić information content (AvgIpc) is 3.01. The Hall–Kier alpha value is -0.870. The summed E-state index contributed by atoms with van der Waals surface area (Å²) in [6.45, 7) is 4.96. The molecule has 0 aromatic heterocycles. The van der Waals surface area contributed by atoms with E-state index in [1.165, 1.54) is 19.3 Å². The molecule has 0 bridgehead atoms. The van der Waals surface area contributed by atoms with E-state index in [0.717, 1.165) is 41.7 Å². The molecule has 1 aromatic carbocycles. The van der Waals surface area contributed by atoms with Crippen LogP contribution in [0, 0.1) is 12.8 Å². The molecule has 2 atom stereocenters. The second kappa shape index (κ2) is 6.49. The zero-order chi connectivity index (χ0) is 14.8. The first-order valence-corrected chi connectivity index (χ1v) is 8.73.